The molecular formula is C22H16N4O7. The number of nitrogens with zero attached hydrogens (tertiary/aromatic N) is 3. The molecule has 0 heterocycles. The molecule has 0 atom stereocenters. The van der Waals surface area contributed by atoms with Crippen molar-refractivity contribution in [1.29, 1.82) is 0 Å². The maximum absolute atomic E-state index is 12.3. The van der Waals surface area contributed by atoms with Crippen molar-refractivity contribution >= 4 is 29.5 Å². The second-order valence-electron chi connectivity index (χ2n) is 6.66. The summed E-state index contributed by atoms with van der Waals surface area (Å²) in [6, 6.07) is 17.1. The van der Waals surface area contributed by atoms with Crippen LogP contribution in [-0.4, -0.2) is 27.9 Å². The SMILES string of the molecule is O=C(Cc1ccc([N+](=O)[O-])cc1)N/N=C\c1cccc(OC(=O)c2cccc([N+](=O)[O-])c2)c1. The zero-order valence-corrected chi connectivity index (χ0v) is 16.9. The largest absolute Gasteiger partial charge is 0.423 e. The molecule has 0 spiro atoms. The number of carbonyl (C=O) groups excluding carboxylic acids is 2. The first kappa shape index (κ1) is 22.7. The zero-order valence-electron chi connectivity index (χ0n) is 16.9. The van der Waals surface area contributed by atoms with Crippen molar-refractivity contribution in [3.63, 3.8) is 0 Å². The van der Waals surface area contributed by atoms with Crippen LogP contribution in [0.25, 0.3) is 0 Å². The predicted molar refractivity (Wildman–Crippen MR) is 117 cm³/mol. The topological polar surface area (TPSA) is 154 Å². The van der Waals surface area contributed by atoms with Gasteiger partial charge in [0.15, 0.2) is 0 Å². The van der Waals surface area contributed by atoms with Crippen molar-refractivity contribution in [3.05, 3.63) is 110 Å². The summed E-state index contributed by atoms with van der Waals surface area (Å²) in [6.07, 6.45) is 1.33. The Bertz CT molecular complexity index is 1240. The van der Waals surface area contributed by atoms with E-state index in [1.165, 1.54) is 60.8 Å². The summed E-state index contributed by atoms with van der Waals surface area (Å²) in [4.78, 5) is 44.6. The molecule has 3 aromatic carbocycles. The number of nitro benzene ring substituents is 2. The van der Waals surface area contributed by atoms with Crippen molar-refractivity contribution < 1.29 is 24.2 Å². The fourth-order valence-corrected chi connectivity index (χ4v) is 2.71. The molecular weight excluding hydrogens is 432 g/mol. The third kappa shape index (κ3) is 6.52. The smallest absolute Gasteiger partial charge is 0.343 e. The van der Waals surface area contributed by atoms with Crippen molar-refractivity contribution in [1.82, 2.24) is 5.43 Å². The molecule has 0 bridgehead atoms. The molecule has 0 unspecified atom stereocenters. The second kappa shape index (κ2) is 10.4. The standard InChI is InChI=1S/C22H16N4O7/c27-21(12-15-7-9-18(10-8-15)25(29)30)24-23-14-16-3-1-6-20(11-16)33-22(28)17-4-2-5-19(13-17)26(31)32/h1-11,13-14H,12H2,(H,24,27)/b23-14-. The summed E-state index contributed by atoms with van der Waals surface area (Å²) in [5.74, 6) is -0.995. The Morgan fingerprint density at radius 3 is 2.30 bits per heavy atom. The minimum atomic E-state index is -0.760. The molecule has 3 aromatic rings. The molecule has 1 N–H and O–H groups in total. The Morgan fingerprint density at radius 2 is 1.61 bits per heavy atom. The number of esters is 1. The van der Waals surface area contributed by atoms with Crippen molar-refractivity contribution in [3.8, 4) is 5.75 Å². The molecule has 0 aliphatic rings. The average molecular weight is 448 g/mol. The lowest BCUT2D eigenvalue weighted by molar-refractivity contribution is -0.385. The monoisotopic (exact) mass is 448 g/mol. The number of nitrogens with one attached hydrogen (secondary N) is 1. The highest BCUT2D eigenvalue weighted by Gasteiger charge is 2.13. The Kier molecular flexibility index (Phi) is 7.17. The first-order valence-corrected chi connectivity index (χ1v) is 9.44. The van der Waals surface area contributed by atoms with Gasteiger partial charge in [0, 0.05) is 24.3 Å². The van der Waals surface area contributed by atoms with Crippen LogP contribution in [0.1, 0.15) is 21.5 Å². The van der Waals surface area contributed by atoms with Crippen LogP contribution >= 0.6 is 0 Å². The zero-order chi connectivity index (χ0) is 23.8. The van der Waals surface area contributed by atoms with Crippen LogP contribution in [0.2, 0.25) is 0 Å². The normalized spacial score (nSPS) is 10.5. The van der Waals surface area contributed by atoms with E-state index in [0.29, 0.717) is 11.1 Å². The highest BCUT2D eigenvalue weighted by Crippen LogP contribution is 2.17. The van der Waals surface area contributed by atoms with Crippen LogP contribution in [0.5, 0.6) is 5.75 Å². The number of rotatable bonds is 8. The van der Waals surface area contributed by atoms with Crippen molar-refractivity contribution in [2.24, 2.45) is 5.10 Å². The van der Waals surface area contributed by atoms with Gasteiger partial charge in [0.25, 0.3) is 11.4 Å². The van der Waals surface area contributed by atoms with Gasteiger partial charge in [0.05, 0.1) is 28.0 Å². The van der Waals surface area contributed by atoms with E-state index in [0.717, 1.165) is 6.07 Å². The van der Waals surface area contributed by atoms with E-state index in [-0.39, 0.29) is 29.1 Å². The molecule has 3 rings (SSSR count). The van der Waals surface area contributed by atoms with E-state index in [4.69, 9.17) is 4.74 Å². The lowest BCUT2D eigenvalue weighted by atomic mass is 10.1. The van der Waals surface area contributed by atoms with Crippen LogP contribution < -0.4 is 10.2 Å². The molecule has 0 aromatic heterocycles. The molecule has 33 heavy (non-hydrogen) atoms. The van der Waals surface area contributed by atoms with E-state index in [2.05, 4.69) is 10.5 Å². The molecule has 0 saturated heterocycles. The summed E-state index contributed by atoms with van der Waals surface area (Å²) in [6.45, 7) is 0. The number of non-ortho nitro benzene ring substituents is 2. The highest BCUT2D eigenvalue weighted by atomic mass is 16.6. The van der Waals surface area contributed by atoms with Crippen LogP contribution in [0.15, 0.2) is 77.9 Å². The Labute approximate surface area is 186 Å². The number of amides is 1. The van der Waals surface area contributed by atoms with Crippen molar-refractivity contribution in [2.45, 2.75) is 6.42 Å². The van der Waals surface area contributed by atoms with Gasteiger partial charge in [-0.3, -0.25) is 25.0 Å². The number of hydrogen-bond donors (Lipinski definition) is 1. The fourth-order valence-electron chi connectivity index (χ4n) is 2.71. The maximum Gasteiger partial charge on any atom is 0.343 e. The minimum absolute atomic E-state index is 0.0177. The lowest BCUT2D eigenvalue weighted by Gasteiger charge is -2.05. The van der Waals surface area contributed by atoms with Gasteiger partial charge in [-0.25, -0.2) is 10.2 Å². The van der Waals surface area contributed by atoms with Gasteiger partial charge in [-0.05, 0) is 29.3 Å². The average Bonchev–Trinajstić information content (AvgIpc) is 2.79. The molecule has 0 fully saturated rings. The summed E-state index contributed by atoms with van der Waals surface area (Å²) in [5, 5.41) is 25.4. The van der Waals surface area contributed by atoms with Gasteiger partial charge in [-0.15, -0.1) is 0 Å². The molecule has 11 nitrogen and oxygen atoms in total. The summed E-state index contributed by atoms with van der Waals surface area (Å²) >= 11 is 0. The Balaban J connectivity index is 1.57. The maximum atomic E-state index is 12.3. The number of nitro groups is 2. The molecule has 0 saturated carbocycles. The highest BCUT2D eigenvalue weighted by molar-refractivity contribution is 5.92. The van der Waals surface area contributed by atoms with Crippen LogP contribution in [0.4, 0.5) is 11.4 Å². The Hall–Kier alpha value is -4.93. The van der Waals surface area contributed by atoms with Gasteiger partial charge in [0.2, 0.25) is 5.91 Å². The van der Waals surface area contributed by atoms with E-state index < -0.39 is 21.7 Å². The third-order valence-electron chi connectivity index (χ3n) is 4.28. The Morgan fingerprint density at radius 1 is 0.909 bits per heavy atom. The van der Waals surface area contributed by atoms with Gasteiger partial charge in [-0.1, -0.05) is 30.3 Å². The minimum Gasteiger partial charge on any atom is -0.423 e. The van der Waals surface area contributed by atoms with E-state index in [9.17, 15) is 29.8 Å². The van der Waals surface area contributed by atoms with Crippen molar-refractivity contribution in [2.75, 3.05) is 0 Å². The lowest BCUT2D eigenvalue weighted by Crippen LogP contribution is -2.19. The molecule has 0 aliphatic heterocycles. The quantitative estimate of drug-likeness (QED) is 0.182. The first-order valence-electron chi connectivity index (χ1n) is 9.44. The summed E-state index contributed by atoms with van der Waals surface area (Å²) < 4.78 is 5.25. The van der Waals surface area contributed by atoms with Gasteiger partial charge in [-0.2, -0.15) is 5.10 Å². The molecule has 1 amide bonds. The van der Waals surface area contributed by atoms with Crippen LogP contribution in [0.3, 0.4) is 0 Å². The fraction of sp³-hybridized carbons (Fsp3) is 0.0455. The number of hydrogen-bond acceptors (Lipinski definition) is 8. The number of benzene rings is 3. The number of carbonyl (C=O) groups is 2. The molecule has 0 radical (unpaired) electrons. The van der Waals surface area contributed by atoms with E-state index >= 15 is 0 Å². The first-order chi connectivity index (χ1) is 15.8. The predicted octanol–water partition coefficient (Wildman–Crippen LogP) is 3.42. The van der Waals surface area contributed by atoms with Crippen LogP contribution in [-0.2, 0) is 11.2 Å². The van der Waals surface area contributed by atoms with E-state index in [1.807, 2.05) is 0 Å². The summed E-state index contributed by atoms with van der Waals surface area (Å²) in [5.41, 5.74) is 3.19. The molecule has 0 aliphatic carbocycles. The summed E-state index contributed by atoms with van der Waals surface area (Å²) in [7, 11) is 0. The molecule has 166 valence electrons. The number of hydrazone groups is 1. The molecule has 11 heteroatoms. The third-order valence-corrected chi connectivity index (χ3v) is 4.28. The number of ether oxygens (including phenoxy) is 1. The van der Waals surface area contributed by atoms with Crippen LogP contribution in [0, 0.1) is 20.2 Å². The van der Waals surface area contributed by atoms with Gasteiger partial charge in [0.1, 0.15) is 5.75 Å². The van der Waals surface area contributed by atoms with E-state index in [1.54, 1.807) is 12.1 Å². The second-order valence-corrected chi connectivity index (χ2v) is 6.66. The van der Waals surface area contributed by atoms with Gasteiger partial charge < -0.3 is 4.74 Å². The van der Waals surface area contributed by atoms with Gasteiger partial charge >= 0.3 is 5.97 Å².